The van der Waals surface area contributed by atoms with E-state index < -0.39 is 11.8 Å². The first kappa shape index (κ1) is 10.1. The predicted octanol–water partition coefficient (Wildman–Crippen LogP) is 3.33. The van der Waals surface area contributed by atoms with E-state index in [1.54, 1.807) is 12.1 Å². The zero-order valence-corrected chi connectivity index (χ0v) is 9.50. The molecule has 0 N–H and O–H groups in total. The highest BCUT2D eigenvalue weighted by atomic mass is 127. The number of hydrogen-bond donors (Lipinski definition) is 0. The summed E-state index contributed by atoms with van der Waals surface area (Å²) in [5.74, 6) is -2.40. The van der Waals surface area contributed by atoms with Crippen LogP contribution in [0.25, 0.3) is 0 Å². The molecule has 0 radical (unpaired) electrons. The first-order valence-corrected chi connectivity index (χ1v) is 5.42. The van der Waals surface area contributed by atoms with Crippen LogP contribution in [0, 0.1) is 9.49 Å². The molecule has 4 heteroatoms. The van der Waals surface area contributed by atoms with Gasteiger partial charge in [-0.25, -0.2) is 8.78 Å². The fourth-order valence-corrected chi connectivity index (χ4v) is 1.54. The SMILES string of the molecule is FC1(F)CC1COc1ccc(I)cc1. The molecule has 1 aromatic carbocycles. The van der Waals surface area contributed by atoms with Gasteiger partial charge in [-0.3, -0.25) is 0 Å². The number of benzene rings is 1. The highest BCUT2D eigenvalue weighted by molar-refractivity contribution is 14.1. The number of ether oxygens (including phenoxy) is 1. The van der Waals surface area contributed by atoms with Crippen LogP contribution in [0.1, 0.15) is 6.42 Å². The van der Waals surface area contributed by atoms with E-state index in [0.717, 1.165) is 3.57 Å². The molecule has 2 rings (SSSR count). The molecule has 1 atom stereocenters. The van der Waals surface area contributed by atoms with Crippen molar-refractivity contribution in [3.63, 3.8) is 0 Å². The number of hydrogen-bond acceptors (Lipinski definition) is 1. The molecule has 1 unspecified atom stereocenters. The molecule has 0 amide bonds. The van der Waals surface area contributed by atoms with Gasteiger partial charge in [0.05, 0.1) is 12.5 Å². The summed E-state index contributed by atoms with van der Waals surface area (Å²) in [6.45, 7) is 0.119. The minimum atomic E-state index is -2.48. The molecule has 1 aliphatic carbocycles. The Kier molecular flexibility index (Phi) is 2.64. The Hall–Kier alpha value is -0.390. The monoisotopic (exact) mass is 310 g/mol. The quantitative estimate of drug-likeness (QED) is 0.778. The fourth-order valence-electron chi connectivity index (χ4n) is 1.18. The smallest absolute Gasteiger partial charge is 0.255 e. The van der Waals surface area contributed by atoms with Crippen molar-refractivity contribution in [2.75, 3.05) is 6.61 Å². The molecular weight excluding hydrogens is 301 g/mol. The van der Waals surface area contributed by atoms with Crippen LogP contribution in [-0.4, -0.2) is 12.5 Å². The van der Waals surface area contributed by atoms with Gasteiger partial charge in [0, 0.05) is 9.99 Å². The van der Waals surface area contributed by atoms with E-state index in [-0.39, 0.29) is 13.0 Å². The summed E-state index contributed by atoms with van der Waals surface area (Å²) in [6, 6.07) is 7.37. The van der Waals surface area contributed by atoms with Crippen LogP contribution >= 0.6 is 22.6 Å². The van der Waals surface area contributed by atoms with Crippen molar-refractivity contribution in [2.24, 2.45) is 5.92 Å². The van der Waals surface area contributed by atoms with Crippen molar-refractivity contribution in [3.8, 4) is 5.75 Å². The minimum Gasteiger partial charge on any atom is -0.493 e. The van der Waals surface area contributed by atoms with E-state index in [1.165, 1.54) is 0 Å². The third kappa shape index (κ3) is 2.34. The van der Waals surface area contributed by atoms with E-state index in [2.05, 4.69) is 22.6 Å². The molecular formula is C10H9F2IO. The fraction of sp³-hybridized carbons (Fsp3) is 0.400. The number of rotatable bonds is 3. The van der Waals surface area contributed by atoms with Gasteiger partial charge in [-0.1, -0.05) is 0 Å². The van der Waals surface area contributed by atoms with Crippen molar-refractivity contribution >= 4 is 22.6 Å². The molecule has 76 valence electrons. The molecule has 0 aromatic heterocycles. The second-order valence-electron chi connectivity index (χ2n) is 3.43. The van der Waals surface area contributed by atoms with E-state index in [9.17, 15) is 8.78 Å². The Balaban J connectivity index is 1.84. The Labute approximate surface area is 94.6 Å². The Bertz CT molecular complexity index is 323. The average Bonchev–Trinajstić information content (AvgIpc) is 2.73. The van der Waals surface area contributed by atoms with Crippen molar-refractivity contribution in [3.05, 3.63) is 27.8 Å². The van der Waals surface area contributed by atoms with Gasteiger partial charge in [-0.15, -0.1) is 0 Å². The second kappa shape index (κ2) is 3.64. The van der Waals surface area contributed by atoms with Gasteiger partial charge in [-0.05, 0) is 46.9 Å². The molecule has 0 heterocycles. The number of alkyl halides is 2. The normalized spacial score (nSPS) is 23.2. The summed E-state index contributed by atoms with van der Waals surface area (Å²) in [7, 11) is 0. The van der Waals surface area contributed by atoms with Crippen LogP contribution in [-0.2, 0) is 0 Å². The molecule has 1 aliphatic rings. The van der Waals surface area contributed by atoms with E-state index >= 15 is 0 Å². The van der Waals surface area contributed by atoms with Gasteiger partial charge in [0.25, 0.3) is 5.92 Å². The van der Waals surface area contributed by atoms with Crippen LogP contribution in [0.5, 0.6) is 5.75 Å². The molecule has 1 aromatic rings. The zero-order chi connectivity index (χ0) is 10.2. The van der Waals surface area contributed by atoms with Crippen molar-refractivity contribution in [1.82, 2.24) is 0 Å². The maximum absolute atomic E-state index is 12.5. The lowest BCUT2D eigenvalue weighted by Crippen LogP contribution is -2.05. The minimum absolute atomic E-state index is 0.0304. The van der Waals surface area contributed by atoms with Crippen molar-refractivity contribution < 1.29 is 13.5 Å². The zero-order valence-electron chi connectivity index (χ0n) is 7.34. The Morgan fingerprint density at radius 2 is 1.93 bits per heavy atom. The molecule has 0 bridgehead atoms. The highest BCUT2D eigenvalue weighted by Gasteiger charge is 2.57. The van der Waals surface area contributed by atoms with Gasteiger partial charge in [0.2, 0.25) is 0 Å². The maximum atomic E-state index is 12.5. The lowest BCUT2D eigenvalue weighted by Gasteiger charge is -2.04. The van der Waals surface area contributed by atoms with Gasteiger partial charge >= 0.3 is 0 Å². The topological polar surface area (TPSA) is 9.23 Å². The van der Waals surface area contributed by atoms with Crippen LogP contribution in [0.4, 0.5) is 8.78 Å². The average molecular weight is 310 g/mol. The van der Waals surface area contributed by atoms with Gasteiger partial charge in [-0.2, -0.15) is 0 Å². The molecule has 0 spiro atoms. The number of halogens is 3. The Morgan fingerprint density at radius 3 is 2.43 bits per heavy atom. The second-order valence-corrected chi connectivity index (χ2v) is 4.67. The van der Waals surface area contributed by atoms with Crippen LogP contribution in [0.2, 0.25) is 0 Å². The van der Waals surface area contributed by atoms with Gasteiger partial charge in [0.15, 0.2) is 0 Å². The largest absolute Gasteiger partial charge is 0.493 e. The molecule has 1 saturated carbocycles. The molecule has 0 aliphatic heterocycles. The lowest BCUT2D eigenvalue weighted by atomic mass is 10.3. The van der Waals surface area contributed by atoms with E-state index in [4.69, 9.17) is 4.74 Å². The van der Waals surface area contributed by atoms with E-state index in [0.29, 0.717) is 5.75 Å². The highest BCUT2D eigenvalue weighted by Crippen LogP contribution is 2.48. The third-order valence-corrected chi connectivity index (χ3v) is 2.94. The summed E-state index contributed by atoms with van der Waals surface area (Å²) >= 11 is 2.18. The molecule has 1 fully saturated rings. The summed E-state index contributed by atoms with van der Waals surface area (Å²) in [5.41, 5.74) is 0. The van der Waals surface area contributed by atoms with Crippen LogP contribution in [0.15, 0.2) is 24.3 Å². The Morgan fingerprint density at radius 1 is 1.36 bits per heavy atom. The summed E-state index contributed by atoms with van der Waals surface area (Å²) in [5, 5.41) is 0. The molecule has 0 saturated heterocycles. The molecule has 14 heavy (non-hydrogen) atoms. The third-order valence-electron chi connectivity index (χ3n) is 2.22. The standard InChI is InChI=1S/C10H9F2IO/c11-10(12)5-7(10)6-14-9-3-1-8(13)2-4-9/h1-4,7H,5-6H2. The lowest BCUT2D eigenvalue weighted by molar-refractivity contribution is 0.0856. The summed E-state index contributed by atoms with van der Waals surface area (Å²) < 4.78 is 31.3. The molecule has 1 nitrogen and oxygen atoms in total. The van der Waals surface area contributed by atoms with Gasteiger partial charge < -0.3 is 4.74 Å². The van der Waals surface area contributed by atoms with Crippen molar-refractivity contribution in [2.45, 2.75) is 12.3 Å². The van der Waals surface area contributed by atoms with Crippen molar-refractivity contribution in [1.29, 1.82) is 0 Å². The van der Waals surface area contributed by atoms with E-state index in [1.807, 2.05) is 12.1 Å². The van der Waals surface area contributed by atoms with Crippen LogP contribution < -0.4 is 4.74 Å². The first-order chi connectivity index (χ1) is 6.58. The summed E-state index contributed by atoms with van der Waals surface area (Å²) in [6.07, 6.45) is -0.0304. The van der Waals surface area contributed by atoms with Crippen LogP contribution in [0.3, 0.4) is 0 Å². The van der Waals surface area contributed by atoms with Gasteiger partial charge in [0.1, 0.15) is 5.75 Å². The summed E-state index contributed by atoms with van der Waals surface area (Å²) in [4.78, 5) is 0. The predicted molar refractivity (Wildman–Crippen MR) is 57.7 cm³/mol. The first-order valence-electron chi connectivity index (χ1n) is 4.34. The maximum Gasteiger partial charge on any atom is 0.255 e.